The molecule has 0 spiro atoms. The number of hydrogen-bond acceptors (Lipinski definition) is 5. The van der Waals surface area contributed by atoms with Crippen molar-refractivity contribution in [1.82, 2.24) is 14.5 Å². The number of rotatable bonds is 11. The Hall–Kier alpha value is -2.87. The van der Waals surface area contributed by atoms with E-state index in [1.165, 1.54) is 15.0 Å². The Morgan fingerprint density at radius 2 is 1.71 bits per heavy atom. The van der Waals surface area contributed by atoms with Crippen molar-refractivity contribution >= 4 is 17.4 Å². The van der Waals surface area contributed by atoms with Gasteiger partial charge in [-0.2, -0.15) is 0 Å². The van der Waals surface area contributed by atoms with Gasteiger partial charge in [-0.15, -0.1) is 0 Å². The van der Waals surface area contributed by atoms with Crippen LogP contribution in [0.5, 0.6) is 0 Å². The molecule has 2 aromatic rings. The lowest BCUT2D eigenvalue weighted by Crippen LogP contribution is -2.45. The maximum absolute atomic E-state index is 13.2. The van der Waals surface area contributed by atoms with Gasteiger partial charge in [0, 0.05) is 19.6 Å². The fourth-order valence-corrected chi connectivity index (χ4v) is 3.53. The van der Waals surface area contributed by atoms with Crippen LogP contribution >= 0.6 is 0 Å². The molecule has 0 fully saturated rings. The Morgan fingerprint density at radius 3 is 2.29 bits per heavy atom. The van der Waals surface area contributed by atoms with E-state index in [1.807, 2.05) is 25.8 Å². The molecule has 1 heterocycles. The van der Waals surface area contributed by atoms with E-state index < -0.39 is 11.2 Å². The topological polar surface area (TPSA) is 104 Å². The SMILES string of the molecule is CCCCN(C(=O)CN(C)Cc1ccc(CC)cc1)c1c(N)n(CCC)c(=O)[nH]c1=O. The highest BCUT2D eigenvalue weighted by atomic mass is 16.2. The summed E-state index contributed by atoms with van der Waals surface area (Å²) in [6, 6.07) is 8.32. The molecule has 0 aliphatic heterocycles. The lowest BCUT2D eigenvalue weighted by atomic mass is 10.1. The van der Waals surface area contributed by atoms with Gasteiger partial charge in [0.05, 0.1) is 6.54 Å². The normalized spacial score (nSPS) is 11.1. The maximum atomic E-state index is 13.2. The molecule has 0 aliphatic carbocycles. The minimum absolute atomic E-state index is 0.0397. The van der Waals surface area contributed by atoms with Crippen LogP contribution in [-0.4, -0.2) is 40.5 Å². The fraction of sp³-hybridized carbons (Fsp3) is 0.522. The minimum Gasteiger partial charge on any atom is -0.383 e. The van der Waals surface area contributed by atoms with Crippen LogP contribution in [0.2, 0.25) is 0 Å². The zero-order chi connectivity index (χ0) is 23.0. The van der Waals surface area contributed by atoms with Gasteiger partial charge in [0.15, 0.2) is 5.69 Å². The number of H-pyrrole nitrogens is 1. The van der Waals surface area contributed by atoms with Crippen molar-refractivity contribution in [2.45, 2.75) is 59.5 Å². The monoisotopic (exact) mass is 429 g/mol. The molecule has 0 unspecified atom stereocenters. The summed E-state index contributed by atoms with van der Waals surface area (Å²) < 4.78 is 1.32. The summed E-state index contributed by atoms with van der Waals surface area (Å²) in [6.07, 6.45) is 3.24. The first-order chi connectivity index (χ1) is 14.8. The first-order valence-corrected chi connectivity index (χ1v) is 11.0. The summed E-state index contributed by atoms with van der Waals surface area (Å²) in [5.74, 6) is -0.183. The number of nitrogens with two attached hydrogens (primary N) is 1. The molecule has 0 bridgehead atoms. The van der Waals surface area contributed by atoms with Gasteiger partial charge in [0.2, 0.25) is 5.91 Å². The van der Waals surface area contributed by atoms with Crippen molar-refractivity contribution in [3.63, 3.8) is 0 Å². The Labute approximate surface area is 183 Å². The Kier molecular flexibility index (Phi) is 9.05. The predicted octanol–water partition coefficient (Wildman–Crippen LogP) is 2.36. The number of amides is 1. The maximum Gasteiger partial charge on any atom is 0.330 e. The van der Waals surface area contributed by atoms with Crippen LogP contribution in [0, 0.1) is 0 Å². The molecular weight excluding hydrogens is 394 g/mol. The molecule has 1 aromatic carbocycles. The third kappa shape index (κ3) is 6.30. The molecule has 31 heavy (non-hydrogen) atoms. The Balaban J connectivity index is 2.27. The second kappa shape index (κ2) is 11.5. The Morgan fingerprint density at radius 1 is 1.06 bits per heavy atom. The molecular formula is C23H35N5O3. The molecule has 0 aliphatic rings. The van der Waals surface area contributed by atoms with Gasteiger partial charge in [-0.05, 0) is 37.4 Å². The lowest BCUT2D eigenvalue weighted by Gasteiger charge is -2.26. The number of aryl methyl sites for hydroxylation is 1. The van der Waals surface area contributed by atoms with Gasteiger partial charge in [-0.1, -0.05) is 51.5 Å². The molecule has 0 atom stereocenters. The summed E-state index contributed by atoms with van der Waals surface area (Å²) in [4.78, 5) is 43.6. The zero-order valence-corrected chi connectivity index (χ0v) is 19.1. The van der Waals surface area contributed by atoms with Crippen LogP contribution in [-0.2, 0) is 24.3 Å². The van der Waals surface area contributed by atoms with E-state index in [9.17, 15) is 14.4 Å². The van der Waals surface area contributed by atoms with Crippen LogP contribution in [0.4, 0.5) is 11.5 Å². The van der Waals surface area contributed by atoms with Crippen LogP contribution in [0.15, 0.2) is 33.9 Å². The van der Waals surface area contributed by atoms with Gasteiger partial charge in [0.25, 0.3) is 5.56 Å². The standard InChI is InChI=1S/C23H35N5O3/c1-5-8-14-27(20-21(24)28(13-6-2)23(31)25-22(20)30)19(29)16-26(4)15-18-11-9-17(7-3)10-12-18/h9-12H,5-8,13-16,24H2,1-4H3,(H,25,30,31). The third-order valence-corrected chi connectivity index (χ3v) is 5.26. The highest BCUT2D eigenvalue weighted by molar-refractivity contribution is 5.96. The smallest absolute Gasteiger partial charge is 0.330 e. The second-order valence-corrected chi connectivity index (χ2v) is 7.89. The van der Waals surface area contributed by atoms with Gasteiger partial charge < -0.3 is 10.6 Å². The van der Waals surface area contributed by atoms with Crippen LogP contribution < -0.4 is 21.9 Å². The molecule has 8 nitrogen and oxygen atoms in total. The summed E-state index contributed by atoms with van der Waals surface area (Å²) in [6.45, 7) is 7.52. The highest BCUT2D eigenvalue weighted by Gasteiger charge is 2.24. The van der Waals surface area contributed by atoms with E-state index in [2.05, 4.69) is 36.2 Å². The van der Waals surface area contributed by atoms with Gasteiger partial charge in [-0.3, -0.25) is 24.0 Å². The molecule has 1 aromatic heterocycles. The number of anilines is 2. The van der Waals surface area contributed by atoms with Crippen molar-refractivity contribution in [2.75, 3.05) is 30.8 Å². The number of likely N-dealkylation sites (N-methyl/N-ethyl adjacent to an activating group) is 1. The van der Waals surface area contributed by atoms with Crippen molar-refractivity contribution in [3.8, 4) is 0 Å². The van der Waals surface area contributed by atoms with Crippen LogP contribution in [0.3, 0.4) is 0 Å². The average molecular weight is 430 g/mol. The summed E-state index contributed by atoms with van der Waals surface area (Å²) in [5.41, 5.74) is 7.46. The van der Waals surface area contributed by atoms with Crippen molar-refractivity contribution in [3.05, 3.63) is 56.2 Å². The third-order valence-electron chi connectivity index (χ3n) is 5.26. The molecule has 2 rings (SSSR count). The first-order valence-electron chi connectivity index (χ1n) is 11.0. The quantitative estimate of drug-likeness (QED) is 0.571. The predicted molar refractivity (Wildman–Crippen MR) is 125 cm³/mol. The molecule has 0 saturated carbocycles. The number of hydrogen-bond donors (Lipinski definition) is 2. The summed E-state index contributed by atoms with van der Waals surface area (Å²) in [7, 11) is 1.87. The average Bonchev–Trinajstić information content (AvgIpc) is 2.73. The van der Waals surface area contributed by atoms with E-state index in [0.29, 0.717) is 26.1 Å². The first kappa shape index (κ1) is 24.4. The number of nitrogen functional groups attached to an aromatic ring is 1. The molecule has 0 radical (unpaired) electrons. The molecule has 8 heteroatoms. The number of nitrogens with one attached hydrogen (secondary N) is 1. The number of benzene rings is 1. The van der Waals surface area contributed by atoms with E-state index in [-0.39, 0.29) is 24.0 Å². The van der Waals surface area contributed by atoms with Crippen molar-refractivity contribution < 1.29 is 4.79 Å². The number of aromatic nitrogens is 2. The Bertz CT molecular complexity index is 978. The van der Waals surface area contributed by atoms with Crippen LogP contribution in [0.25, 0.3) is 0 Å². The van der Waals surface area contributed by atoms with E-state index in [1.54, 1.807) is 0 Å². The number of carbonyl (C=O) groups excluding carboxylic acids is 1. The largest absolute Gasteiger partial charge is 0.383 e. The minimum atomic E-state index is -0.628. The van der Waals surface area contributed by atoms with Gasteiger partial charge in [0.1, 0.15) is 5.82 Å². The van der Waals surface area contributed by atoms with Crippen molar-refractivity contribution in [1.29, 1.82) is 0 Å². The number of carbonyl (C=O) groups is 1. The molecule has 3 N–H and O–H groups in total. The molecule has 0 saturated heterocycles. The van der Waals surface area contributed by atoms with E-state index in [4.69, 9.17) is 5.73 Å². The van der Waals surface area contributed by atoms with E-state index in [0.717, 1.165) is 24.8 Å². The highest BCUT2D eigenvalue weighted by Crippen LogP contribution is 2.18. The number of unbranched alkanes of at least 4 members (excludes halogenated alkanes) is 1. The number of aromatic amines is 1. The number of nitrogens with zero attached hydrogens (tertiary/aromatic N) is 3. The van der Waals surface area contributed by atoms with Gasteiger partial charge in [-0.25, -0.2) is 4.79 Å². The van der Waals surface area contributed by atoms with Gasteiger partial charge >= 0.3 is 5.69 Å². The fourth-order valence-electron chi connectivity index (χ4n) is 3.53. The molecule has 1 amide bonds. The van der Waals surface area contributed by atoms with E-state index >= 15 is 0 Å². The second-order valence-electron chi connectivity index (χ2n) is 7.89. The van der Waals surface area contributed by atoms with Crippen LogP contribution in [0.1, 0.15) is 51.2 Å². The lowest BCUT2D eigenvalue weighted by molar-refractivity contribution is -0.119. The summed E-state index contributed by atoms with van der Waals surface area (Å²) in [5, 5.41) is 0. The zero-order valence-electron chi connectivity index (χ0n) is 19.1. The molecule has 170 valence electrons. The van der Waals surface area contributed by atoms with Crippen molar-refractivity contribution in [2.24, 2.45) is 0 Å². The summed E-state index contributed by atoms with van der Waals surface area (Å²) >= 11 is 0.